The Morgan fingerprint density at radius 2 is 2.17 bits per heavy atom. The number of amides is 1. The molecular formula is C12H22N2O4. The zero-order valence-corrected chi connectivity index (χ0v) is 11.1. The largest absolute Gasteiger partial charge is 0.481 e. The molecule has 0 radical (unpaired) electrons. The van der Waals surface area contributed by atoms with Gasteiger partial charge in [-0.2, -0.15) is 0 Å². The molecule has 0 bridgehead atoms. The SMILES string of the molecule is CC(C)CC(N)C(=O)NC1COCC1(C)C(=O)O. The second kappa shape index (κ2) is 5.67. The van der Waals surface area contributed by atoms with E-state index in [0.29, 0.717) is 12.3 Å². The number of nitrogens with one attached hydrogen (secondary N) is 1. The molecule has 1 fully saturated rings. The highest BCUT2D eigenvalue weighted by molar-refractivity contribution is 5.83. The van der Waals surface area contributed by atoms with E-state index in [1.807, 2.05) is 13.8 Å². The maximum absolute atomic E-state index is 11.9. The van der Waals surface area contributed by atoms with E-state index in [9.17, 15) is 14.7 Å². The van der Waals surface area contributed by atoms with E-state index in [4.69, 9.17) is 10.5 Å². The number of rotatable bonds is 5. The topological polar surface area (TPSA) is 102 Å². The van der Waals surface area contributed by atoms with Gasteiger partial charge in [-0.25, -0.2) is 0 Å². The van der Waals surface area contributed by atoms with Gasteiger partial charge in [0.2, 0.25) is 5.91 Å². The predicted octanol–water partition coefficient (Wildman–Crippen LogP) is -0.0343. The highest BCUT2D eigenvalue weighted by Crippen LogP contribution is 2.28. The first-order valence-electron chi connectivity index (χ1n) is 6.14. The Kier molecular flexibility index (Phi) is 4.70. The van der Waals surface area contributed by atoms with E-state index in [1.54, 1.807) is 6.92 Å². The fourth-order valence-electron chi connectivity index (χ4n) is 1.98. The summed E-state index contributed by atoms with van der Waals surface area (Å²) in [5, 5.41) is 11.9. The Morgan fingerprint density at radius 1 is 1.56 bits per heavy atom. The zero-order chi connectivity index (χ0) is 13.9. The molecule has 0 spiro atoms. The van der Waals surface area contributed by atoms with Crippen LogP contribution in [0.1, 0.15) is 27.2 Å². The third-order valence-electron chi connectivity index (χ3n) is 3.32. The number of hydrogen-bond donors (Lipinski definition) is 3. The summed E-state index contributed by atoms with van der Waals surface area (Å²) in [7, 11) is 0. The van der Waals surface area contributed by atoms with Crippen molar-refractivity contribution in [2.24, 2.45) is 17.1 Å². The van der Waals surface area contributed by atoms with Gasteiger partial charge in [0.15, 0.2) is 0 Å². The van der Waals surface area contributed by atoms with Crippen molar-refractivity contribution in [3.05, 3.63) is 0 Å². The van der Waals surface area contributed by atoms with E-state index >= 15 is 0 Å². The molecule has 1 aliphatic heterocycles. The second-order valence-electron chi connectivity index (χ2n) is 5.53. The molecule has 3 atom stereocenters. The maximum Gasteiger partial charge on any atom is 0.313 e. The average Bonchev–Trinajstić information content (AvgIpc) is 2.60. The highest BCUT2D eigenvalue weighted by atomic mass is 16.5. The van der Waals surface area contributed by atoms with Crippen LogP contribution in [-0.2, 0) is 14.3 Å². The van der Waals surface area contributed by atoms with Crippen LogP contribution in [0.15, 0.2) is 0 Å². The summed E-state index contributed by atoms with van der Waals surface area (Å²) in [4.78, 5) is 23.1. The molecule has 4 N–H and O–H groups in total. The molecule has 6 nitrogen and oxygen atoms in total. The van der Waals surface area contributed by atoms with Gasteiger partial charge in [0, 0.05) is 0 Å². The molecule has 3 unspecified atom stereocenters. The number of ether oxygens (including phenoxy) is 1. The fraction of sp³-hybridized carbons (Fsp3) is 0.833. The van der Waals surface area contributed by atoms with Gasteiger partial charge in [0.1, 0.15) is 5.41 Å². The monoisotopic (exact) mass is 258 g/mol. The summed E-state index contributed by atoms with van der Waals surface area (Å²) < 4.78 is 5.16. The van der Waals surface area contributed by atoms with E-state index in [1.165, 1.54) is 0 Å². The molecule has 18 heavy (non-hydrogen) atoms. The Bertz CT molecular complexity index is 332. The summed E-state index contributed by atoms with van der Waals surface area (Å²) in [6, 6.07) is -1.13. The molecule has 1 amide bonds. The molecule has 0 aromatic heterocycles. The third kappa shape index (κ3) is 3.20. The fourth-order valence-corrected chi connectivity index (χ4v) is 1.98. The summed E-state index contributed by atoms with van der Waals surface area (Å²) in [5.74, 6) is -0.967. The van der Waals surface area contributed by atoms with Crippen molar-refractivity contribution in [2.75, 3.05) is 13.2 Å². The van der Waals surface area contributed by atoms with Crippen LogP contribution in [0, 0.1) is 11.3 Å². The standard InChI is InChI=1S/C12H22N2O4/c1-7(2)4-8(13)10(15)14-9-5-18-6-12(9,3)11(16)17/h7-9H,4-6,13H2,1-3H3,(H,14,15)(H,16,17). The Morgan fingerprint density at radius 3 is 2.67 bits per heavy atom. The number of carbonyl (C=O) groups is 2. The van der Waals surface area contributed by atoms with Crippen LogP contribution in [0.4, 0.5) is 0 Å². The van der Waals surface area contributed by atoms with Gasteiger partial charge in [-0.05, 0) is 19.3 Å². The number of carboxylic acid groups (broad SMARTS) is 1. The lowest BCUT2D eigenvalue weighted by Gasteiger charge is -2.26. The summed E-state index contributed by atoms with van der Waals surface area (Å²) in [6.45, 7) is 5.84. The molecule has 0 aliphatic carbocycles. The van der Waals surface area contributed by atoms with Gasteiger partial charge in [-0.1, -0.05) is 13.8 Å². The number of carbonyl (C=O) groups excluding carboxylic acids is 1. The highest BCUT2D eigenvalue weighted by Gasteiger charge is 2.47. The number of aliphatic carboxylic acids is 1. The van der Waals surface area contributed by atoms with Crippen LogP contribution in [0.2, 0.25) is 0 Å². The van der Waals surface area contributed by atoms with Gasteiger partial charge < -0.3 is 20.9 Å². The van der Waals surface area contributed by atoms with Crippen LogP contribution >= 0.6 is 0 Å². The van der Waals surface area contributed by atoms with Gasteiger partial charge in [0.05, 0.1) is 25.3 Å². The lowest BCUT2D eigenvalue weighted by atomic mass is 9.85. The van der Waals surface area contributed by atoms with E-state index < -0.39 is 23.5 Å². The van der Waals surface area contributed by atoms with Crippen molar-refractivity contribution < 1.29 is 19.4 Å². The van der Waals surface area contributed by atoms with E-state index in [2.05, 4.69) is 5.32 Å². The second-order valence-corrected chi connectivity index (χ2v) is 5.53. The Balaban J connectivity index is 2.61. The van der Waals surface area contributed by atoms with Crippen LogP contribution in [0.5, 0.6) is 0 Å². The molecule has 6 heteroatoms. The molecule has 1 heterocycles. The van der Waals surface area contributed by atoms with Gasteiger partial charge in [-0.3, -0.25) is 9.59 Å². The number of nitrogens with two attached hydrogens (primary N) is 1. The van der Waals surface area contributed by atoms with Gasteiger partial charge in [0.25, 0.3) is 0 Å². The van der Waals surface area contributed by atoms with E-state index in [-0.39, 0.29) is 19.1 Å². The van der Waals surface area contributed by atoms with Gasteiger partial charge >= 0.3 is 5.97 Å². The number of carboxylic acids is 1. The minimum absolute atomic E-state index is 0.104. The normalized spacial score (nSPS) is 29.3. The summed E-state index contributed by atoms with van der Waals surface area (Å²) in [5.41, 5.74) is 4.68. The molecule has 1 aliphatic rings. The van der Waals surface area contributed by atoms with Crippen LogP contribution in [0.3, 0.4) is 0 Å². The molecule has 0 aromatic rings. The molecule has 1 rings (SSSR count). The first-order valence-corrected chi connectivity index (χ1v) is 6.14. The lowest BCUT2D eigenvalue weighted by molar-refractivity contribution is -0.149. The first-order chi connectivity index (χ1) is 8.27. The third-order valence-corrected chi connectivity index (χ3v) is 3.32. The minimum Gasteiger partial charge on any atom is -0.481 e. The Labute approximate surface area is 107 Å². The molecule has 104 valence electrons. The first kappa shape index (κ1) is 14.9. The predicted molar refractivity (Wildman–Crippen MR) is 65.9 cm³/mol. The van der Waals surface area contributed by atoms with Crippen molar-refractivity contribution in [2.45, 2.75) is 39.3 Å². The number of hydrogen-bond acceptors (Lipinski definition) is 4. The maximum atomic E-state index is 11.9. The van der Waals surface area contributed by atoms with Crippen molar-refractivity contribution in [1.29, 1.82) is 0 Å². The van der Waals surface area contributed by atoms with Crippen molar-refractivity contribution in [1.82, 2.24) is 5.32 Å². The molecular weight excluding hydrogens is 236 g/mol. The van der Waals surface area contributed by atoms with Gasteiger partial charge in [-0.15, -0.1) is 0 Å². The molecule has 0 saturated carbocycles. The lowest BCUT2D eigenvalue weighted by Crippen LogP contribution is -2.53. The van der Waals surface area contributed by atoms with Crippen molar-refractivity contribution in [3.8, 4) is 0 Å². The van der Waals surface area contributed by atoms with Crippen molar-refractivity contribution >= 4 is 11.9 Å². The minimum atomic E-state index is -1.08. The van der Waals surface area contributed by atoms with Crippen LogP contribution in [-0.4, -0.2) is 42.3 Å². The molecule has 0 aromatic carbocycles. The average molecular weight is 258 g/mol. The molecule has 1 saturated heterocycles. The van der Waals surface area contributed by atoms with Crippen LogP contribution in [0.25, 0.3) is 0 Å². The van der Waals surface area contributed by atoms with Crippen molar-refractivity contribution in [3.63, 3.8) is 0 Å². The van der Waals surface area contributed by atoms with Crippen LogP contribution < -0.4 is 11.1 Å². The summed E-state index contributed by atoms with van der Waals surface area (Å²) in [6.07, 6.45) is 0.573. The van der Waals surface area contributed by atoms with E-state index in [0.717, 1.165) is 0 Å². The zero-order valence-electron chi connectivity index (χ0n) is 11.1. The quantitative estimate of drug-likeness (QED) is 0.642. The Hall–Kier alpha value is -1.14. The smallest absolute Gasteiger partial charge is 0.313 e. The summed E-state index contributed by atoms with van der Waals surface area (Å²) >= 11 is 0.